The fraction of sp³-hybridized carbons (Fsp3) is 0.500. The number of hydrogen-bond donors (Lipinski definition) is 1. The fourth-order valence-electron chi connectivity index (χ4n) is 3.30. The van der Waals surface area contributed by atoms with Gasteiger partial charge in [-0.3, -0.25) is 0 Å². The quantitative estimate of drug-likeness (QED) is 0.403. The van der Waals surface area contributed by atoms with Crippen LogP contribution in [0, 0.1) is 6.92 Å². The van der Waals surface area contributed by atoms with Crippen LogP contribution in [0.5, 0.6) is 5.75 Å². The number of nitrogens with zero attached hydrogens (tertiary/aromatic N) is 2. The molecule has 0 radical (unpaired) electrons. The van der Waals surface area contributed by atoms with Gasteiger partial charge >= 0.3 is 0 Å². The highest BCUT2D eigenvalue weighted by Crippen LogP contribution is 2.31. The summed E-state index contributed by atoms with van der Waals surface area (Å²) in [6, 6.07) is 7.74. The lowest BCUT2D eigenvalue weighted by Crippen LogP contribution is -2.19. The van der Waals surface area contributed by atoms with Gasteiger partial charge in [0.25, 0.3) is 0 Å². The molecule has 0 spiro atoms. The standard InChI is InChI=1S/C22H32N2O/c1-4-5-6-7-8-9-10-11-12-16-24(3)20-17-18(2)23-22-19(20)14-13-15-21(22)25/h4,13-15,17,25H,1,5-12,16H2,2-3H3. The number of phenolic OH excluding ortho intramolecular Hbond substituents is 1. The van der Waals surface area contributed by atoms with Crippen LogP contribution >= 0.6 is 0 Å². The predicted molar refractivity (Wildman–Crippen MR) is 109 cm³/mol. The number of phenols is 1. The van der Waals surface area contributed by atoms with Gasteiger partial charge in [0.1, 0.15) is 11.3 Å². The van der Waals surface area contributed by atoms with Gasteiger partial charge in [0.15, 0.2) is 0 Å². The van der Waals surface area contributed by atoms with E-state index in [0.29, 0.717) is 5.52 Å². The highest BCUT2D eigenvalue weighted by atomic mass is 16.3. The zero-order chi connectivity index (χ0) is 18.1. The Morgan fingerprint density at radius 3 is 2.48 bits per heavy atom. The van der Waals surface area contributed by atoms with Crippen LogP contribution in [0.3, 0.4) is 0 Å². The molecule has 0 aliphatic carbocycles. The largest absolute Gasteiger partial charge is 0.506 e. The minimum atomic E-state index is 0.257. The van der Waals surface area contributed by atoms with Crippen LogP contribution in [0.25, 0.3) is 10.9 Å². The molecule has 0 bridgehead atoms. The number of allylic oxidation sites excluding steroid dienone is 1. The third-order valence-electron chi connectivity index (χ3n) is 4.74. The summed E-state index contributed by atoms with van der Waals surface area (Å²) in [6.45, 7) is 6.78. The number of unbranched alkanes of at least 4 members (excludes halogenated alkanes) is 7. The lowest BCUT2D eigenvalue weighted by molar-refractivity contribution is 0.480. The average Bonchev–Trinajstić information content (AvgIpc) is 2.60. The maximum Gasteiger partial charge on any atom is 0.141 e. The molecule has 1 aromatic carbocycles. The van der Waals surface area contributed by atoms with Crippen LogP contribution in [0.15, 0.2) is 36.9 Å². The zero-order valence-corrected chi connectivity index (χ0v) is 15.8. The molecular weight excluding hydrogens is 308 g/mol. The summed E-state index contributed by atoms with van der Waals surface area (Å²) >= 11 is 0. The van der Waals surface area contributed by atoms with E-state index in [1.165, 1.54) is 44.9 Å². The Kier molecular flexibility index (Phi) is 7.77. The van der Waals surface area contributed by atoms with Gasteiger partial charge in [-0.25, -0.2) is 4.98 Å². The smallest absolute Gasteiger partial charge is 0.141 e. The van der Waals surface area contributed by atoms with Crippen molar-refractivity contribution in [3.05, 3.63) is 42.6 Å². The van der Waals surface area contributed by atoms with E-state index in [1.807, 2.05) is 25.1 Å². The normalized spacial score (nSPS) is 11.0. The van der Waals surface area contributed by atoms with Crippen LogP contribution in [0.4, 0.5) is 5.69 Å². The van der Waals surface area contributed by atoms with Crippen molar-refractivity contribution in [1.82, 2.24) is 4.98 Å². The summed E-state index contributed by atoms with van der Waals surface area (Å²) in [6.07, 6.45) is 12.3. The van der Waals surface area contributed by atoms with Crippen molar-refractivity contribution in [1.29, 1.82) is 0 Å². The van der Waals surface area contributed by atoms with Gasteiger partial charge < -0.3 is 10.0 Å². The van der Waals surface area contributed by atoms with E-state index in [2.05, 4.69) is 29.6 Å². The van der Waals surface area contributed by atoms with Gasteiger partial charge in [-0.2, -0.15) is 0 Å². The first kappa shape index (κ1) is 19.3. The zero-order valence-electron chi connectivity index (χ0n) is 15.8. The maximum atomic E-state index is 10.1. The molecule has 1 N–H and O–H groups in total. The number of rotatable bonds is 11. The van der Waals surface area contributed by atoms with E-state index >= 15 is 0 Å². The lowest BCUT2D eigenvalue weighted by Gasteiger charge is -2.22. The second-order valence-electron chi connectivity index (χ2n) is 6.93. The Morgan fingerprint density at radius 2 is 1.76 bits per heavy atom. The summed E-state index contributed by atoms with van der Waals surface area (Å²) in [5, 5.41) is 11.1. The van der Waals surface area contributed by atoms with Crippen LogP contribution < -0.4 is 4.90 Å². The molecule has 1 heterocycles. The third-order valence-corrected chi connectivity index (χ3v) is 4.74. The van der Waals surface area contributed by atoms with Crippen molar-refractivity contribution in [2.24, 2.45) is 0 Å². The number of aromatic nitrogens is 1. The molecular formula is C22H32N2O. The first-order chi connectivity index (χ1) is 12.1. The first-order valence-corrected chi connectivity index (χ1v) is 9.55. The van der Waals surface area contributed by atoms with Gasteiger partial charge in [-0.15, -0.1) is 6.58 Å². The number of para-hydroxylation sites is 1. The van der Waals surface area contributed by atoms with Crippen molar-refractivity contribution >= 4 is 16.6 Å². The van der Waals surface area contributed by atoms with E-state index < -0.39 is 0 Å². The van der Waals surface area contributed by atoms with Gasteiger partial charge in [0, 0.05) is 30.4 Å². The van der Waals surface area contributed by atoms with E-state index in [-0.39, 0.29) is 5.75 Å². The van der Waals surface area contributed by atoms with Crippen LogP contribution in [-0.2, 0) is 0 Å². The Bertz CT molecular complexity index is 681. The molecule has 25 heavy (non-hydrogen) atoms. The minimum absolute atomic E-state index is 0.257. The van der Waals surface area contributed by atoms with Crippen LogP contribution in [-0.4, -0.2) is 23.7 Å². The summed E-state index contributed by atoms with van der Waals surface area (Å²) in [5.74, 6) is 0.257. The highest BCUT2D eigenvalue weighted by Gasteiger charge is 2.10. The number of anilines is 1. The summed E-state index contributed by atoms with van der Waals surface area (Å²) in [5.41, 5.74) is 2.79. The van der Waals surface area contributed by atoms with Gasteiger partial charge in [0.05, 0.1) is 0 Å². The molecule has 3 nitrogen and oxygen atoms in total. The average molecular weight is 341 g/mol. The molecule has 0 atom stereocenters. The maximum absolute atomic E-state index is 10.1. The molecule has 0 saturated heterocycles. The molecule has 0 unspecified atom stereocenters. The molecule has 2 aromatic rings. The second kappa shape index (κ2) is 10.1. The van der Waals surface area contributed by atoms with Crippen LogP contribution in [0.2, 0.25) is 0 Å². The van der Waals surface area contributed by atoms with Gasteiger partial charge in [-0.1, -0.05) is 50.3 Å². The van der Waals surface area contributed by atoms with Crippen molar-refractivity contribution in [3.63, 3.8) is 0 Å². The van der Waals surface area contributed by atoms with Gasteiger partial charge in [0.2, 0.25) is 0 Å². The number of aryl methyl sites for hydroxylation is 1. The lowest BCUT2D eigenvalue weighted by atomic mass is 10.1. The number of hydrogen-bond acceptors (Lipinski definition) is 3. The predicted octanol–water partition coefficient (Wildman–Crippen LogP) is 5.99. The fourth-order valence-corrected chi connectivity index (χ4v) is 3.30. The molecule has 0 aliphatic rings. The molecule has 3 heteroatoms. The number of fused-ring (bicyclic) bond motifs is 1. The van der Waals surface area contributed by atoms with E-state index in [9.17, 15) is 5.11 Å². The molecule has 1 aromatic heterocycles. The number of aromatic hydroxyl groups is 1. The summed E-state index contributed by atoms with van der Waals surface area (Å²) in [4.78, 5) is 6.78. The van der Waals surface area contributed by atoms with Crippen molar-refractivity contribution in [2.45, 2.75) is 58.3 Å². The second-order valence-corrected chi connectivity index (χ2v) is 6.93. The van der Waals surface area contributed by atoms with Crippen molar-refractivity contribution in [2.75, 3.05) is 18.5 Å². The molecule has 0 fully saturated rings. The van der Waals surface area contributed by atoms with Gasteiger partial charge in [-0.05, 0) is 38.3 Å². The highest BCUT2D eigenvalue weighted by molar-refractivity contribution is 5.95. The Balaban J connectivity index is 1.81. The summed E-state index contributed by atoms with van der Waals surface area (Å²) in [7, 11) is 2.13. The molecule has 2 rings (SSSR count). The molecule has 0 amide bonds. The van der Waals surface area contributed by atoms with Crippen molar-refractivity contribution < 1.29 is 5.11 Å². The van der Waals surface area contributed by atoms with E-state index in [4.69, 9.17) is 0 Å². The molecule has 0 aliphatic heterocycles. The minimum Gasteiger partial charge on any atom is -0.506 e. The number of pyridine rings is 1. The van der Waals surface area contributed by atoms with Crippen molar-refractivity contribution in [3.8, 4) is 5.75 Å². The topological polar surface area (TPSA) is 36.4 Å². The van der Waals surface area contributed by atoms with E-state index in [1.54, 1.807) is 6.07 Å². The van der Waals surface area contributed by atoms with E-state index in [0.717, 1.165) is 29.7 Å². The Morgan fingerprint density at radius 1 is 1.08 bits per heavy atom. The summed E-state index contributed by atoms with van der Waals surface area (Å²) < 4.78 is 0. The Labute approximate surface area is 152 Å². The molecule has 0 saturated carbocycles. The SMILES string of the molecule is C=CCCCCCCCCCN(C)c1cc(C)nc2c(O)cccc12. The first-order valence-electron chi connectivity index (χ1n) is 9.55. The monoisotopic (exact) mass is 340 g/mol. The number of benzene rings is 1. The van der Waals surface area contributed by atoms with Crippen LogP contribution in [0.1, 0.15) is 57.1 Å². The molecule has 136 valence electrons. The Hall–Kier alpha value is -2.03. The third kappa shape index (κ3) is 5.77.